The van der Waals surface area contributed by atoms with E-state index in [1.807, 2.05) is 40.7 Å². The number of piperidine rings is 1. The van der Waals surface area contributed by atoms with Crippen LogP contribution in [0.3, 0.4) is 0 Å². The average molecular weight is 312 g/mol. The smallest absolute Gasteiger partial charge is 0.251 e. The maximum Gasteiger partial charge on any atom is 0.251 e. The molecule has 1 fully saturated rings. The molecular formula is C17H26F2N2O. The number of carbonyl (C=O) groups is 1. The Morgan fingerprint density at radius 3 is 2.50 bits per heavy atom. The van der Waals surface area contributed by atoms with Crippen LogP contribution in [0.2, 0.25) is 0 Å². The van der Waals surface area contributed by atoms with Gasteiger partial charge in [-0.1, -0.05) is 40.7 Å². The molecular weight excluding hydrogens is 286 g/mol. The molecule has 2 unspecified atom stereocenters. The Bertz CT molecular complexity index is 493. The van der Waals surface area contributed by atoms with Crippen LogP contribution in [0, 0.1) is 28.1 Å². The second-order valence-corrected chi connectivity index (χ2v) is 6.57. The highest BCUT2D eigenvalue weighted by atomic mass is 19.3. The molecule has 0 aromatic rings. The molecule has 0 aromatic carbocycles. The van der Waals surface area contributed by atoms with E-state index in [1.54, 1.807) is 11.0 Å². The Morgan fingerprint density at radius 1 is 1.41 bits per heavy atom. The van der Waals surface area contributed by atoms with E-state index >= 15 is 0 Å². The predicted molar refractivity (Wildman–Crippen MR) is 82.5 cm³/mol. The maximum absolute atomic E-state index is 12.5. The van der Waals surface area contributed by atoms with E-state index in [1.165, 1.54) is 0 Å². The molecule has 0 N–H and O–H groups in total. The molecule has 2 rings (SSSR count). The Morgan fingerprint density at radius 2 is 2.00 bits per heavy atom. The summed E-state index contributed by atoms with van der Waals surface area (Å²) in [7, 11) is 0. The van der Waals surface area contributed by atoms with Crippen molar-refractivity contribution in [3.05, 3.63) is 11.6 Å². The molecule has 1 saturated heterocycles. The Hall–Kier alpha value is -1.28. The highest BCUT2D eigenvalue weighted by molar-refractivity contribution is 6.04. The summed E-state index contributed by atoms with van der Waals surface area (Å²) >= 11 is 0. The zero-order valence-corrected chi connectivity index (χ0v) is 14.1. The minimum atomic E-state index is -2.35. The minimum Gasteiger partial charge on any atom is -0.297 e. The van der Waals surface area contributed by atoms with Crippen LogP contribution in [0.5, 0.6) is 0 Å². The number of likely N-dealkylation sites (tertiary alicyclic amines) is 1. The topological polar surface area (TPSA) is 44.1 Å². The summed E-state index contributed by atoms with van der Waals surface area (Å²) < 4.78 is 25.1. The fraction of sp³-hybridized carbons (Fsp3) is 0.765. The molecule has 0 amide bonds. The van der Waals surface area contributed by atoms with Crippen molar-refractivity contribution in [2.24, 2.45) is 16.7 Å². The van der Waals surface area contributed by atoms with Crippen LogP contribution < -0.4 is 0 Å². The summed E-state index contributed by atoms with van der Waals surface area (Å²) in [5, 5.41) is 9.11. The summed E-state index contributed by atoms with van der Waals surface area (Å²) in [5.74, 6) is -0.154. The molecule has 1 heterocycles. The molecule has 5 heteroatoms. The summed E-state index contributed by atoms with van der Waals surface area (Å²) in [5.41, 5.74) is -0.728. The molecule has 2 atom stereocenters. The zero-order valence-electron chi connectivity index (χ0n) is 14.1. The fourth-order valence-electron chi connectivity index (χ4n) is 3.48. The molecule has 0 aromatic heterocycles. The van der Waals surface area contributed by atoms with E-state index < -0.39 is 11.8 Å². The van der Waals surface area contributed by atoms with E-state index in [0.29, 0.717) is 19.5 Å². The second kappa shape index (κ2) is 6.87. The van der Waals surface area contributed by atoms with Gasteiger partial charge in [0.25, 0.3) is 6.43 Å². The normalized spacial score (nSPS) is 30.8. The third-order valence-electron chi connectivity index (χ3n) is 5.35. The molecule has 0 spiro atoms. The Labute approximate surface area is 132 Å². The number of hydrogen-bond acceptors (Lipinski definition) is 3. The third kappa shape index (κ3) is 3.08. The van der Waals surface area contributed by atoms with Gasteiger partial charge in [0.2, 0.25) is 0 Å². The van der Waals surface area contributed by atoms with Crippen molar-refractivity contribution in [2.75, 3.05) is 19.6 Å². The van der Waals surface area contributed by atoms with Crippen LogP contribution in [0.15, 0.2) is 11.6 Å². The number of rotatable bonds is 2. The molecule has 124 valence electrons. The van der Waals surface area contributed by atoms with E-state index in [-0.39, 0.29) is 29.2 Å². The van der Waals surface area contributed by atoms with Crippen molar-refractivity contribution >= 4 is 5.78 Å². The van der Waals surface area contributed by atoms with Crippen LogP contribution in [-0.4, -0.2) is 36.7 Å². The number of nitriles is 1. The highest BCUT2D eigenvalue weighted by Gasteiger charge is 2.55. The highest BCUT2D eigenvalue weighted by Crippen LogP contribution is 2.54. The maximum atomic E-state index is 12.5. The SMILES string of the molecule is CC.CC1(C)C(=O)C(C#N)=CC2CN(CC(F)F)CCC21C. The third-order valence-corrected chi connectivity index (χ3v) is 5.35. The van der Waals surface area contributed by atoms with Gasteiger partial charge in [-0.05, 0) is 24.3 Å². The molecule has 22 heavy (non-hydrogen) atoms. The lowest BCUT2D eigenvalue weighted by Gasteiger charge is -2.54. The van der Waals surface area contributed by atoms with Crippen LogP contribution in [0.1, 0.15) is 41.0 Å². The van der Waals surface area contributed by atoms with Crippen LogP contribution in [0.25, 0.3) is 0 Å². The van der Waals surface area contributed by atoms with Gasteiger partial charge in [0.05, 0.1) is 12.1 Å². The first-order valence-corrected chi connectivity index (χ1v) is 7.89. The van der Waals surface area contributed by atoms with Gasteiger partial charge in [-0.25, -0.2) is 8.78 Å². The fourth-order valence-corrected chi connectivity index (χ4v) is 3.48. The first-order valence-electron chi connectivity index (χ1n) is 7.89. The van der Waals surface area contributed by atoms with Crippen LogP contribution in [-0.2, 0) is 4.79 Å². The second-order valence-electron chi connectivity index (χ2n) is 6.57. The lowest BCUT2D eigenvalue weighted by molar-refractivity contribution is -0.137. The first kappa shape index (κ1) is 18.8. The van der Waals surface area contributed by atoms with Crippen molar-refractivity contribution in [1.29, 1.82) is 5.26 Å². The van der Waals surface area contributed by atoms with E-state index in [2.05, 4.69) is 0 Å². The number of alkyl halides is 2. The van der Waals surface area contributed by atoms with Crippen molar-refractivity contribution in [2.45, 2.75) is 47.5 Å². The summed E-state index contributed by atoms with van der Waals surface area (Å²) in [6.07, 6.45) is 0.0424. The van der Waals surface area contributed by atoms with Gasteiger partial charge in [0.1, 0.15) is 6.07 Å². The van der Waals surface area contributed by atoms with E-state index in [4.69, 9.17) is 5.26 Å². The number of nitrogens with zero attached hydrogens (tertiary/aromatic N) is 2. The number of Topliss-reactive ketones (excluding diaryl/α,β-unsaturated/α-hetero) is 1. The summed E-state index contributed by atoms with van der Waals surface area (Å²) in [4.78, 5) is 14.1. The molecule has 0 radical (unpaired) electrons. The summed E-state index contributed by atoms with van der Waals surface area (Å²) in [6, 6.07) is 1.96. The van der Waals surface area contributed by atoms with Crippen molar-refractivity contribution in [1.82, 2.24) is 4.90 Å². The minimum absolute atomic E-state index is 0.0302. The molecule has 1 aliphatic carbocycles. The monoisotopic (exact) mass is 312 g/mol. The van der Waals surface area contributed by atoms with Gasteiger partial charge in [-0.3, -0.25) is 9.69 Å². The molecule has 0 bridgehead atoms. The standard InChI is InChI=1S/C15H20F2N2O.C2H6/c1-14(2)13(20)10(7-18)6-11-8-19(9-12(16)17)5-4-15(11,14)3;1-2/h6,11-12H,4-5,8-9H2,1-3H3;1-2H3. The summed E-state index contributed by atoms with van der Waals surface area (Å²) in [6.45, 7) is 10.6. The van der Waals surface area contributed by atoms with Crippen LogP contribution in [0.4, 0.5) is 8.78 Å². The predicted octanol–water partition coefficient (Wildman–Crippen LogP) is 3.66. The lowest BCUT2D eigenvalue weighted by atomic mass is 9.51. The number of allylic oxidation sites excluding steroid dienone is 1. The largest absolute Gasteiger partial charge is 0.297 e. The molecule has 1 aliphatic heterocycles. The van der Waals surface area contributed by atoms with Crippen molar-refractivity contribution in [3.63, 3.8) is 0 Å². The lowest BCUT2D eigenvalue weighted by Crippen LogP contribution is -2.57. The zero-order chi connectivity index (χ0) is 17.1. The number of fused-ring (bicyclic) bond motifs is 1. The van der Waals surface area contributed by atoms with Gasteiger partial charge in [-0.15, -0.1) is 0 Å². The number of ketones is 1. The van der Waals surface area contributed by atoms with Gasteiger partial charge >= 0.3 is 0 Å². The number of carbonyl (C=O) groups excluding carboxylic acids is 1. The number of hydrogen-bond donors (Lipinski definition) is 0. The van der Waals surface area contributed by atoms with Gasteiger partial charge in [-0.2, -0.15) is 5.26 Å². The molecule has 0 saturated carbocycles. The van der Waals surface area contributed by atoms with Gasteiger partial charge in [0, 0.05) is 12.0 Å². The quantitative estimate of drug-likeness (QED) is 0.781. The molecule has 2 aliphatic rings. The van der Waals surface area contributed by atoms with Gasteiger partial charge < -0.3 is 0 Å². The Balaban J connectivity index is 0.00000116. The van der Waals surface area contributed by atoms with Crippen LogP contribution >= 0.6 is 0 Å². The van der Waals surface area contributed by atoms with E-state index in [0.717, 1.165) is 0 Å². The van der Waals surface area contributed by atoms with Crippen molar-refractivity contribution in [3.8, 4) is 6.07 Å². The molecule has 3 nitrogen and oxygen atoms in total. The van der Waals surface area contributed by atoms with Gasteiger partial charge in [0.15, 0.2) is 5.78 Å². The van der Waals surface area contributed by atoms with Crippen molar-refractivity contribution < 1.29 is 13.6 Å². The first-order chi connectivity index (χ1) is 10.2. The average Bonchev–Trinajstić information content (AvgIpc) is 2.47. The Kier molecular flexibility index (Phi) is 5.86. The van der Waals surface area contributed by atoms with E-state index in [9.17, 15) is 13.6 Å². The number of halogens is 2.